The Kier molecular flexibility index (Phi) is 3.45. The number of morpholine rings is 1. The lowest BCUT2D eigenvalue weighted by Gasteiger charge is -2.31. The van der Waals surface area contributed by atoms with Crippen LogP contribution >= 0.6 is 0 Å². The summed E-state index contributed by atoms with van der Waals surface area (Å²) in [6, 6.07) is 10.3. The van der Waals surface area contributed by atoms with Crippen LogP contribution in [0.25, 0.3) is 0 Å². The van der Waals surface area contributed by atoms with E-state index in [1.807, 2.05) is 29.4 Å². The lowest BCUT2D eigenvalue weighted by atomic mass is 10.3. The lowest BCUT2D eigenvalue weighted by Crippen LogP contribution is -2.48. The monoisotopic (exact) mass is 246 g/mol. The molecule has 0 spiro atoms. The second-order valence-corrected chi connectivity index (χ2v) is 4.45. The zero-order valence-electron chi connectivity index (χ0n) is 10.3. The summed E-state index contributed by atoms with van der Waals surface area (Å²) >= 11 is 0. The molecule has 2 heterocycles. The molecule has 2 aliphatic rings. The summed E-state index contributed by atoms with van der Waals surface area (Å²) in [6.45, 7) is 4.54. The third kappa shape index (κ3) is 2.64. The van der Waals surface area contributed by atoms with Gasteiger partial charge in [-0.15, -0.1) is 5.53 Å². The van der Waals surface area contributed by atoms with Crippen molar-refractivity contribution in [3.8, 4) is 0 Å². The van der Waals surface area contributed by atoms with Gasteiger partial charge in [0.15, 0.2) is 0 Å². The van der Waals surface area contributed by atoms with Crippen LogP contribution in [0.2, 0.25) is 0 Å². The molecule has 0 unspecified atom stereocenters. The Morgan fingerprint density at radius 3 is 2.61 bits per heavy atom. The van der Waals surface area contributed by atoms with E-state index >= 15 is 0 Å². The van der Waals surface area contributed by atoms with Gasteiger partial charge in [-0.2, -0.15) is 0 Å². The molecule has 1 saturated heterocycles. The van der Waals surface area contributed by atoms with Crippen LogP contribution in [-0.4, -0.2) is 42.9 Å². The molecule has 1 fully saturated rings. The molecule has 0 aliphatic carbocycles. The zero-order chi connectivity index (χ0) is 12.2. The Morgan fingerprint density at radius 2 is 1.83 bits per heavy atom. The van der Waals surface area contributed by atoms with E-state index in [0.717, 1.165) is 38.7 Å². The van der Waals surface area contributed by atoms with Crippen LogP contribution < -0.4 is 10.5 Å². The fourth-order valence-electron chi connectivity index (χ4n) is 2.12. The number of nitrogens with zero attached hydrogens (tertiary/aromatic N) is 3. The van der Waals surface area contributed by atoms with E-state index in [1.54, 1.807) is 0 Å². The number of para-hydroxylation sites is 1. The molecule has 1 aromatic rings. The Labute approximate surface area is 107 Å². The summed E-state index contributed by atoms with van der Waals surface area (Å²) in [7, 11) is 0. The summed E-state index contributed by atoms with van der Waals surface area (Å²) in [5.41, 5.74) is 4.46. The molecule has 0 radical (unpaired) electrons. The predicted molar refractivity (Wildman–Crippen MR) is 70.3 cm³/mol. The van der Waals surface area contributed by atoms with E-state index in [-0.39, 0.29) is 0 Å². The number of rotatable bonds is 3. The van der Waals surface area contributed by atoms with Gasteiger partial charge >= 0.3 is 0 Å². The van der Waals surface area contributed by atoms with Gasteiger partial charge in [-0.1, -0.05) is 18.2 Å². The number of nitrogens with one attached hydrogen (secondary N) is 1. The molecule has 18 heavy (non-hydrogen) atoms. The van der Waals surface area contributed by atoms with Crippen molar-refractivity contribution in [2.75, 3.05) is 38.0 Å². The molecule has 1 N–H and O–H groups in total. The Morgan fingerprint density at radius 1 is 1.06 bits per heavy atom. The number of ether oxygens (including phenoxy) is 1. The second kappa shape index (κ2) is 5.39. The number of hydrazine groups is 2. The first-order valence-corrected chi connectivity index (χ1v) is 6.27. The van der Waals surface area contributed by atoms with Gasteiger partial charge in [-0.3, -0.25) is 14.9 Å². The van der Waals surface area contributed by atoms with E-state index in [9.17, 15) is 0 Å². The smallest absolute Gasteiger partial charge is 0.0876 e. The largest absolute Gasteiger partial charge is 0.379 e. The van der Waals surface area contributed by atoms with Gasteiger partial charge < -0.3 is 4.74 Å². The van der Waals surface area contributed by atoms with Crippen molar-refractivity contribution in [2.24, 2.45) is 0 Å². The first kappa shape index (κ1) is 11.5. The van der Waals surface area contributed by atoms with Crippen LogP contribution in [0.4, 0.5) is 5.69 Å². The molecular weight excluding hydrogens is 228 g/mol. The molecule has 96 valence electrons. The van der Waals surface area contributed by atoms with Crippen LogP contribution in [0.5, 0.6) is 0 Å². The summed E-state index contributed by atoms with van der Waals surface area (Å²) in [5.74, 6) is 0. The normalized spacial score (nSPS) is 20.7. The average molecular weight is 246 g/mol. The van der Waals surface area contributed by atoms with Crippen molar-refractivity contribution in [2.45, 2.75) is 0 Å². The predicted octanol–water partition coefficient (Wildman–Crippen LogP) is 0.989. The molecule has 5 heteroatoms. The topological polar surface area (TPSA) is 31.0 Å². The second-order valence-electron chi connectivity index (χ2n) is 4.45. The number of benzene rings is 1. The zero-order valence-corrected chi connectivity index (χ0v) is 10.3. The molecule has 3 rings (SSSR count). The molecule has 0 bridgehead atoms. The highest BCUT2D eigenvalue weighted by molar-refractivity contribution is 5.48. The van der Waals surface area contributed by atoms with Crippen molar-refractivity contribution in [3.05, 3.63) is 42.7 Å². The molecule has 1 aromatic carbocycles. The van der Waals surface area contributed by atoms with Gasteiger partial charge in [0, 0.05) is 25.5 Å². The Hall–Kier alpha value is -1.56. The molecule has 0 saturated carbocycles. The molecule has 0 aromatic heterocycles. The Balaban J connectivity index is 1.54. The molecular formula is C13H18N4O. The SMILES string of the molecule is C1=CN(c2ccccc2)NN1CN1CCOCC1. The Bertz CT molecular complexity index is 403. The van der Waals surface area contributed by atoms with Crippen molar-refractivity contribution in [3.63, 3.8) is 0 Å². The van der Waals surface area contributed by atoms with E-state index in [4.69, 9.17) is 4.74 Å². The number of anilines is 1. The van der Waals surface area contributed by atoms with Crippen LogP contribution in [-0.2, 0) is 4.74 Å². The standard InChI is InChI=1S/C13H18N4O/c1-2-4-13(5-3-1)17-7-6-16(14-17)12-15-8-10-18-11-9-15/h1-7,14H,8-12H2. The van der Waals surface area contributed by atoms with E-state index in [2.05, 4.69) is 33.8 Å². The maximum atomic E-state index is 5.35. The molecule has 2 aliphatic heterocycles. The van der Waals surface area contributed by atoms with Crippen LogP contribution in [0, 0.1) is 0 Å². The maximum Gasteiger partial charge on any atom is 0.0876 e. The molecule has 0 amide bonds. The van der Waals surface area contributed by atoms with Gasteiger partial charge in [0.25, 0.3) is 0 Å². The summed E-state index contributed by atoms with van der Waals surface area (Å²) in [5, 5.41) is 4.10. The number of hydrogen-bond acceptors (Lipinski definition) is 5. The third-order valence-electron chi connectivity index (χ3n) is 3.12. The van der Waals surface area contributed by atoms with Crippen LogP contribution in [0.15, 0.2) is 42.7 Å². The highest BCUT2D eigenvalue weighted by atomic mass is 16.5. The highest BCUT2D eigenvalue weighted by Crippen LogP contribution is 2.15. The third-order valence-corrected chi connectivity index (χ3v) is 3.12. The van der Waals surface area contributed by atoms with Crippen molar-refractivity contribution in [1.82, 2.24) is 15.4 Å². The summed E-state index contributed by atoms with van der Waals surface area (Å²) < 4.78 is 5.35. The van der Waals surface area contributed by atoms with E-state index < -0.39 is 0 Å². The lowest BCUT2D eigenvalue weighted by molar-refractivity contribution is 0.0120. The quantitative estimate of drug-likeness (QED) is 0.859. The first-order chi connectivity index (χ1) is 8.92. The van der Waals surface area contributed by atoms with Gasteiger partial charge in [-0.05, 0) is 12.1 Å². The van der Waals surface area contributed by atoms with Crippen molar-refractivity contribution in [1.29, 1.82) is 0 Å². The highest BCUT2D eigenvalue weighted by Gasteiger charge is 2.17. The van der Waals surface area contributed by atoms with Gasteiger partial charge in [0.1, 0.15) is 0 Å². The van der Waals surface area contributed by atoms with Gasteiger partial charge in [0.2, 0.25) is 0 Å². The molecule has 5 nitrogen and oxygen atoms in total. The van der Waals surface area contributed by atoms with Gasteiger partial charge in [0.05, 0.1) is 25.6 Å². The van der Waals surface area contributed by atoms with Crippen molar-refractivity contribution >= 4 is 5.69 Å². The van der Waals surface area contributed by atoms with E-state index in [0.29, 0.717) is 0 Å². The first-order valence-electron chi connectivity index (χ1n) is 6.27. The van der Waals surface area contributed by atoms with E-state index in [1.165, 1.54) is 0 Å². The summed E-state index contributed by atoms with van der Waals surface area (Å²) in [6.07, 6.45) is 4.10. The van der Waals surface area contributed by atoms with Crippen LogP contribution in [0.3, 0.4) is 0 Å². The fraction of sp³-hybridized carbons (Fsp3) is 0.385. The maximum absolute atomic E-state index is 5.35. The summed E-state index contributed by atoms with van der Waals surface area (Å²) in [4.78, 5) is 2.37. The molecule has 0 atom stereocenters. The minimum atomic E-state index is 0.833. The van der Waals surface area contributed by atoms with Crippen molar-refractivity contribution < 1.29 is 4.74 Å². The minimum Gasteiger partial charge on any atom is -0.379 e. The number of hydrogen-bond donors (Lipinski definition) is 1. The fourth-order valence-corrected chi connectivity index (χ4v) is 2.12. The van der Waals surface area contributed by atoms with Crippen LogP contribution in [0.1, 0.15) is 0 Å². The van der Waals surface area contributed by atoms with Gasteiger partial charge in [-0.25, -0.2) is 0 Å². The average Bonchev–Trinajstić information content (AvgIpc) is 2.89. The minimum absolute atomic E-state index is 0.833.